The van der Waals surface area contributed by atoms with Gasteiger partial charge in [0.15, 0.2) is 0 Å². The highest BCUT2D eigenvalue weighted by molar-refractivity contribution is 7.10. The van der Waals surface area contributed by atoms with Crippen LogP contribution in [0.25, 0.3) is 0 Å². The molecular weight excluding hydrogens is 276 g/mol. The molecule has 1 amide bonds. The van der Waals surface area contributed by atoms with Crippen molar-refractivity contribution < 1.29 is 14.3 Å². The van der Waals surface area contributed by atoms with Crippen molar-refractivity contribution in [1.29, 1.82) is 0 Å². The summed E-state index contributed by atoms with van der Waals surface area (Å²) in [5, 5.41) is 1.78. The van der Waals surface area contributed by atoms with Crippen LogP contribution in [0, 0.1) is 11.8 Å². The maximum absolute atomic E-state index is 12.1. The first-order valence-electron chi connectivity index (χ1n) is 6.18. The van der Waals surface area contributed by atoms with E-state index in [1.807, 2.05) is 0 Å². The lowest BCUT2D eigenvalue weighted by Gasteiger charge is -2.15. The molecule has 2 N–H and O–H groups in total. The molecule has 0 atom stereocenters. The molecule has 0 spiro atoms. The number of thiophene rings is 1. The van der Waals surface area contributed by atoms with Crippen LogP contribution in [0.5, 0.6) is 0 Å². The second-order valence-electron chi connectivity index (χ2n) is 4.11. The highest BCUT2D eigenvalue weighted by Gasteiger charge is 2.13. The summed E-state index contributed by atoms with van der Waals surface area (Å²) in [5.41, 5.74) is 5.91. The molecule has 0 bridgehead atoms. The van der Waals surface area contributed by atoms with Crippen LogP contribution >= 0.6 is 11.3 Å². The minimum atomic E-state index is -0.263. The van der Waals surface area contributed by atoms with E-state index < -0.39 is 0 Å². The van der Waals surface area contributed by atoms with Crippen LogP contribution in [0.4, 0.5) is 0 Å². The third kappa shape index (κ3) is 5.03. The van der Waals surface area contributed by atoms with Gasteiger partial charge in [0.05, 0.1) is 24.1 Å². The summed E-state index contributed by atoms with van der Waals surface area (Å²) in [6.07, 6.45) is 0.893. The molecule has 1 heterocycles. The average molecular weight is 294 g/mol. The smallest absolute Gasteiger partial charge is 0.305 e. The number of nitrogens with zero attached hydrogens (tertiary/aromatic N) is 1. The molecule has 1 rings (SSSR count). The highest BCUT2D eigenvalue weighted by Crippen LogP contribution is 2.15. The molecule has 0 fully saturated rings. The lowest BCUT2D eigenvalue weighted by atomic mass is 10.2. The van der Waals surface area contributed by atoms with Gasteiger partial charge in [0.1, 0.15) is 0 Å². The molecule has 0 aromatic carbocycles. The molecule has 108 valence electrons. The minimum absolute atomic E-state index is 0.0769. The van der Waals surface area contributed by atoms with Gasteiger partial charge in [-0.3, -0.25) is 9.59 Å². The summed E-state index contributed by atoms with van der Waals surface area (Å²) < 4.78 is 4.55. The van der Waals surface area contributed by atoms with Gasteiger partial charge in [0, 0.05) is 25.4 Å². The maximum atomic E-state index is 12.1. The van der Waals surface area contributed by atoms with Gasteiger partial charge in [-0.15, -0.1) is 11.3 Å². The highest BCUT2D eigenvalue weighted by atomic mass is 32.1. The molecule has 1 aromatic heterocycles. The normalized spacial score (nSPS) is 9.55. The van der Waals surface area contributed by atoms with Crippen LogP contribution in [-0.2, 0) is 9.53 Å². The Morgan fingerprint density at radius 1 is 1.50 bits per heavy atom. The number of methoxy groups -OCH3 is 1. The van der Waals surface area contributed by atoms with Crippen LogP contribution < -0.4 is 5.73 Å². The molecule has 0 saturated heterocycles. The second-order valence-corrected chi connectivity index (χ2v) is 5.02. The number of carbonyl (C=O) groups excluding carboxylic acids is 2. The Bertz CT molecular complexity index is 528. The van der Waals surface area contributed by atoms with E-state index in [2.05, 4.69) is 16.6 Å². The summed E-state index contributed by atoms with van der Waals surface area (Å²) in [6.45, 7) is 0.808. The Balaban J connectivity index is 2.52. The second kappa shape index (κ2) is 8.35. The first kappa shape index (κ1) is 16.2. The van der Waals surface area contributed by atoms with Crippen LogP contribution in [0.1, 0.15) is 28.1 Å². The standard InChI is InChI=1S/C14H18N2O3S/c1-16(8-4-6-13(17)19-2)14(18)11-9-12(20-10-11)5-3-7-15/h9-10H,4,6-8,15H2,1-2H3. The number of hydrogen-bond acceptors (Lipinski definition) is 5. The summed E-state index contributed by atoms with van der Waals surface area (Å²) in [4.78, 5) is 25.5. The van der Waals surface area contributed by atoms with Gasteiger partial charge in [0.2, 0.25) is 0 Å². The van der Waals surface area contributed by atoms with E-state index in [9.17, 15) is 9.59 Å². The Labute approximate surface area is 122 Å². The monoisotopic (exact) mass is 294 g/mol. The summed E-state index contributed by atoms with van der Waals surface area (Å²) >= 11 is 1.42. The molecule has 0 aliphatic carbocycles. The van der Waals surface area contributed by atoms with Crippen LogP contribution in [-0.4, -0.2) is 44.0 Å². The lowest BCUT2D eigenvalue weighted by molar-refractivity contribution is -0.140. The molecule has 0 aliphatic rings. The molecule has 0 radical (unpaired) electrons. The van der Waals surface area contributed by atoms with Crippen molar-refractivity contribution >= 4 is 23.2 Å². The maximum Gasteiger partial charge on any atom is 0.305 e. The van der Waals surface area contributed by atoms with E-state index in [4.69, 9.17) is 5.73 Å². The number of esters is 1. The first-order chi connectivity index (χ1) is 9.58. The van der Waals surface area contributed by atoms with Gasteiger partial charge in [0.25, 0.3) is 5.91 Å². The third-order valence-corrected chi connectivity index (χ3v) is 3.45. The van der Waals surface area contributed by atoms with E-state index in [0.717, 1.165) is 4.88 Å². The fourth-order valence-electron chi connectivity index (χ4n) is 1.54. The Morgan fingerprint density at radius 2 is 2.25 bits per heavy atom. The fraction of sp³-hybridized carbons (Fsp3) is 0.429. The fourth-order valence-corrected chi connectivity index (χ4v) is 2.29. The zero-order valence-electron chi connectivity index (χ0n) is 11.6. The Kier molecular flexibility index (Phi) is 6.77. The van der Waals surface area contributed by atoms with Crippen molar-refractivity contribution in [3.63, 3.8) is 0 Å². The average Bonchev–Trinajstić information content (AvgIpc) is 2.92. The third-order valence-electron chi connectivity index (χ3n) is 2.61. The van der Waals surface area contributed by atoms with Gasteiger partial charge in [-0.05, 0) is 12.5 Å². The summed E-state index contributed by atoms with van der Waals surface area (Å²) in [5.74, 6) is 5.31. The van der Waals surface area contributed by atoms with Crippen molar-refractivity contribution in [2.45, 2.75) is 12.8 Å². The predicted octanol–water partition coefficient (Wildman–Crippen LogP) is 1.08. The first-order valence-corrected chi connectivity index (χ1v) is 7.06. The van der Waals surface area contributed by atoms with Crippen molar-refractivity contribution in [3.05, 3.63) is 21.9 Å². The van der Waals surface area contributed by atoms with Crippen molar-refractivity contribution in [2.75, 3.05) is 27.2 Å². The zero-order chi connectivity index (χ0) is 15.0. The molecule has 5 nitrogen and oxygen atoms in total. The van der Waals surface area contributed by atoms with Gasteiger partial charge < -0.3 is 15.4 Å². The Morgan fingerprint density at radius 3 is 2.90 bits per heavy atom. The molecule has 20 heavy (non-hydrogen) atoms. The van der Waals surface area contributed by atoms with Crippen molar-refractivity contribution in [3.8, 4) is 11.8 Å². The van der Waals surface area contributed by atoms with Crippen LogP contribution in [0.3, 0.4) is 0 Å². The molecular formula is C14H18N2O3S. The SMILES string of the molecule is COC(=O)CCCN(C)C(=O)c1csc(C#CCN)c1. The largest absolute Gasteiger partial charge is 0.469 e. The van der Waals surface area contributed by atoms with Crippen molar-refractivity contribution in [2.24, 2.45) is 5.73 Å². The lowest BCUT2D eigenvalue weighted by Crippen LogP contribution is -2.27. The molecule has 0 aliphatic heterocycles. The van der Waals surface area contributed by atoms with E-state index in [1.165, 1.54) is 18.4 Å². The topological polar surface area (TPSA) is 72.6 Å². The van der Waals surface area contributed by atoms with E-state index >= 15 is 0 Å². The Hall–Kier alpha value is -1.84. The quantitative estimate of drug-likeness (QED) is 0.651. The number of ether oxygens (including phenoxy) is 1. The van der Waals surface area contributed by atoms with Gasteiger partial charge in [-0.25, -0.2) is 0 Å². The van der Waals surface area contributed by atoms with Gasteiger partial charge in [-0.2, -0.15) is 0 Å². The number of hydrogen-bond donors (Lipinski definition) is 1. The minimum Gasteiger partial charge on any atom is -0.469 e. The van der Waals surface area contributed by atoms with Crippen LogP contribution in [0.15, 0.2) is 11.4 Å². The zero-order valence-corrected chi connectivity index (χ0v) is 12.5. The van der Waals surface area contributed by atoms with Crippen molar-refractivity contribution in [1.82, 2.24) is 4.90 Å². The van der Waals surface area contributed by atoms with Gasteiger partial charge in [-0.1, -0.05) is 11.8 Å². The molecule has 1 aromatic rings. The van der Waals surface area contributed by atoms with E-state index in [-0.39, 0.29) is 11.9 Å². The predicted molar refractivity (Wildman–Crippen MR) is 78.5 cm³/mol. The van der Waals surface area contributed by atoms with E-state index in [0.29, 0.717) is 31.5 Å². The summed E-state index contributed by atoms with van der Waals surface area (Å²) in [7, 11) is 3.06. The van der Waals surface area contributed by atoms with Crippen LogP contribution in [0.2, 0.25) is 0 Å². The molecule has 6 heteroatoms. The summed E-state index contributed by atoms with van der Waals surface area (Å²) in [6, 6.07) is 1.76. The number of rotatable bonds is 5. The molecule has 0 saturated carbocycles. The number of amides is 1. The molecule has 0 unspecified atom stereocenters. The number of nitrogens with two attached hydrogens (primary N) is 1. The van der Waals surface area contributed by atoms with Gasteiger partial charge >= 0.3 is 5.97 Å². The number of carbonyl (C=O) groups is 2. The van der Waals surface area contributed by atoms with E-state index in [1.54, 1.807) is 23.4 Å².